The number of methoxy groups -OCH3 is 1. The summed E-state index contributed by atoms with van der Waals surface area (Å²) < 4.78 is 5.74. The van der Waals surface area contributed by atoms with Crippen molar-refractivity contribution < 1.29 is 4.74 Å². The van der Waals surface area contributed by atoms with E-state index in [2.05, 4.69) is 43.0 Å². The lowest BCUT2D eigenvalue weighted by atomic mass is 9.41. The molecular formula is C27H33N3O. The molecule has 4 nitrogen and oxygen atoms in total. The first kappa shape index (κ1) is 18.5. The Bertz CT molecular complexity index is 1060. The van der Waals surface area contributed by atoms with Crippen molar-refractivity contribution in [1.82, 2.24) is 9.97 Å². The predicted octanol–water partition coefficient (Wildman–Crippen LogP) is 5.00. The van der Waals surface area contributed by atoms with Gasteiger partial charge in [-0.15, -0.1) is 0 Å². The molecule has 0 N–H and O–H groups in total. The number of benzene rings is 1. The molecule has 4 heteroatoms. The highest BCUT2D eigenvalue weighted by Gasteiger charge is 2.75. The van der Waals surface area contributed by atoms with Crippen LogP contribution < -0.4 is 9.64 Å². The molecular weight excluding hydrogens is 382 g/mol. The molecule has 4 aliphatic carbocycles. The van der Waals surface area contributed by atoms with Crippen molar-refractivity contribution in [2.45, 2.75) is 70.3 Å². The molecule has 2 aromatic rings. The predicted molar refractivity (Wildman–Crippen MR) is 122 cm³/mol. The molecule has 2 heterocycles. The van der Waals surface area contributed by atoms with Crippen LogP contribution in [0.3, 0.4) is 0 Å². The van der Waals surface area contributed by atoms with Gasteiger partial charge >= 0.3 is 0 Å². The van der Waals surface area contributed by atoms with Gasteiger partial charge in [0.2, 0.25) is 5.95 Å². The Balaban J connectivity index is 1.40. The summed E-state index contributed by atoms with van der Waals surface area (Å²) in [5.41, 5.74) is 6.30. The lowest BCUT2D eigenvalue weighted by Gasteiger charge is -2.64. The van der Waals surface area contributed by atoms with Gasteiger partial charge in [-0.25, -0.2) is 9.97 Å². The maximum atomic E-state index is 5.74. The molecule has 1 aromatic carbocycles. The fourth-order valence-electron chi connectivity index (χ4n) is 9.52. The van der Waals surface area contributed by atoms with Gasteiger partial charge in [0.15, 0.2) is 0 Å². The number of hydrogen-bond donors (Lipinski definition) is 0. The van der Waals surface area contributed by atoms with Gasteiger partial charge in [-0.1, -0.05) is 12.5 Å². The smallest absolute Gasteiger partial charge is 0.226 e. The van der Waals surface area contributed by atoms with Crippen molar-refractivity contribution in [1.29, 1.82) is 0 Å². The minimum Gasteiger partial charge on any atom is -0.497 e. The fourth-order valence-corrected chi connectivity index (χ4v) is 9.52. The number of nitrogens with zero attached hydrogens (tertiary/aromatic N) is 3. The Hall–Kier alpha value is -2.10. The molecule has 1 aliphatic heterocycles. The van der Waals surface area contributed by atoms with Crippen LogP contribution in [0.25, 0.3) is 0 Å². The van der Waals surface area contributed by atoms with E-state index in [1.165, 1.54) is 44.9 Å². The van der Waals surface area contributed by atoms with E-state index in [0.717, 1.165) is 47.4 Å². The Labute approximate surface area is 185 Å². The van der Waals surface area contributed by atoms with Crippen LogP contribution >= 0.6 is 0 Å². The number of ether oxygens (including phenoxy) is 1. The van der Waals surface area contributed by atoms with E-state index < -0.39 is 0 Å². The number of fused-ring (bicyclic) bond motifs is 1. The fraction of sp³-hybridized carbons (Fsp3) is 0.630. The molecule has 5 aliphatic rings. The van der Waals surface area contributed by atoms with Crippen LogP contribution in [-0.4, -0.2) is 29.7 Å². The molecule has 1 aromatic heterocycles. The highest BCUT2D eigenvalue weighted by molar-refractivity contribution is 5.52. The van der Waals surface area contributed by atoms with Crippen LogP contribution in [0.2, 0.25) is 0 Å². The third-order valence-corrected chi connectivity index (χ3v) is 10.1. The third kappa shape index (κ3) is 2.12. The van der Waals surface area contributed by atoms with Crippen molar-refractivity contribution in [2.75, 3.05) is 18.6 Å². The van der Waals surface area contributed by atoms with Crippen LogP contribution in [0.1, 0.15) is 61.0 Å². The van der Waals surface area contributed by atoms with E-state index >= 15 is 0 Å². The first-order valence-electron chi connectivity index (χ1n) is 12.3. The average Bonchev–Trinajstić information content (AvgIpc) is 3.19. The average molecular weight is 416 g/mol. The number of hydrogen-bond acceptors (Lipinski definition) is 4. The monoisotopic (exact) mass is 415 g/mol. The van der Waals surface area contributed by atoms with Crippen LogP contribution in [0.15, 0.2) is 24.3 Å². The van der Waals surface area contributed by atoms with Gasteiger partial charge in [-0.05, 0) is 105 Å². The van der Waals surface area contributed by atoms with Crippen LogP contribution in [0.5, 0.6) is 5.75 Å². The van der Waals surface area contributed by atoms with Crippen molar-refractivity contribution >= 4 is 5.95 Å². The topological polar surface area (TPSA) is 38.2 Å². The van der Waals surface area contributed by atoms with Crippen molar-refractivity contribution in [3.8, 4) is 5.75 Å². The molecule has 5 unspecified atom stereocenters. The Morgan fingerprint density at radius 2 is 1.90 bits per heavy atom. The summed E-state index contributed by atoms with van der Waals surface area (Å²) >= 11 is 0. The minimum absolute atomic E-state index is 0.333. The largest absolute Gasteiger partial charge is 0.497 e. The van der Waals surface area contributed by atoms with Gasteiger partial charge in [0.1, 0.15) is 5.75 Å². The second kappa shape index (κ2) is 6.02. The maximum Gasteiger partial charge on any atom is 0.226 e. The SMILES string of the molecule is COc1ccc2c(c1)C13CCCC(C2)C12CCC1C3[C@@H](CN1c1nc(C)cc(C)n1)C2. The molecule has 162 valence electrons. The minimum atomic E-state index is 0.333. The summed E-state index contributed by atoms with van der Waals surface area (Å²) in [5, 5.41) is 0. The second-order valence-corrected chi connectivity index (χ2v) is 11.1. The molecule has 31 heavy (non-hydrogen) atoms. The van der Waals surface area contributed by atoms with E-state index in [9.17, 15) is 0 Å². The highest BCUT2D eigenvalue weighted by atomic mass is 16.5. The van der Waals surface area contributed by atoms with Gasteiger partial charge in [0.05, 0.1) is 7.11 Å². The number of aromatic nitrogens is 2. The Morgan fingerprint density at radius 3 is 2.71 bits per heavy atom. The number of rotatable bonds is 2. The van der Waals surface area contributed by atoms with Gasteiger partial charge in [-0.2, -0.15) is 0 Å². The molecule has 4 fully saturated rings. The number of anilines is 1. The van der Waals surface area contributed by atoms with E-state index in [-0.39, 0.29) is 0 Å². The summed E-state index contributed by atoms with van der Waals surface area (Å²) in [6.45, 7) is 5.36. The summed E-state index contributed by atoms with van der Waals surface area (Å²) in [4.78, 5) is 12.4. The summed E-state index contributed by atoms with van der Waals surface area (Å²) in [5.74, 6) is 4.41. The molecule has 0 radical (unpaired) electrons. The lowest BCUT2D eigenvalue weighted by molar-refractivity contribution is -0.0521. The Kier molecular flexibility index (Phi) is 3.59. The van der Waals surface area contributed by atoms with Crippen molar-refractivity contribution in [2.24, 2.45) is 23.2 Å². The normalized spacial score (nSPS) is 39.3. The summed E-state index contributed by atoms with van der Waals surface area (Å²) in [7, 11) is 1.82. The van der Waals surface area contributed by atoms with E-state index in [1.807, 2.05) is 7.11 Å². The maximum absolute atomic E-state index is 5.74. The van der Waals surface area contributed by atoms with Crippen LogP contribution in [-0.2, 0) is 11.8 Å². The highest BCUT2D eigenvalue weighted by Crippen LogP contribution is 2.77. The van der Waals surface area contributed by atoms with Crippen LogP contribution in [0.4, 0.5) is 5.95 Å². The van der Waals surface area contributed by atoms with E-state index in [1.54, 1.807) is 11.1 Å². The molecule has 7 rings (SSSR count). The first-order chi connectivity index (χ1) is 15.1. The molecule has 6 atom stereocenters. The number of aryl methyl sites for hydroxylation is 2. The zero-order valence-corrected chi connectivity index (χ0v) is 19.0. The van der Waals surface area contributed by atoms with Gasteiger partial charge in [0.25, 0.3) is 0 Å². The Morgan fingerprint density at radius 1 is 1.06 bits per heavy atom. The standard InChI is InChI=1S/C27H33N3O/c1-16-11-17(2)29-25(28-16)30-15-19-14-26-10-8-23(30)24(19)27(26)9-4-5-20(26)12-18-6-7-21(31-3)13-22(18)27/h6-7,11,13,19-20,23-24H,4-5,8-10,12,14-15H2,1-3H3/t19-,20?,23?,24?,26?,27?/m1/s1. The summed E-state index contributed by atoms with van der Waals surface area (Å²) in [6.07, 6.45) is 9.58. The van der Waals surface area contributed by atoms with Gasteiger partial charge in [0, 0.05) is 29.4 Å². The molecule has 0 spiro atoms. The molecule has 1 saturated heterocycles. The van der Waals surface area contributed by atoms with E-state index in [4.69, 9.17) is 14.7 Å². The van der Waals surface area contributed by atoms with Crippen molar-refractivity contribution in [3.05, 3.63) is 46.8 Å². The summed E-state index contributed by atoms with van der Waals surface area (Å²) in [6, 6.07) is 9.70. The van der Waals surface area contributed by atoms with Gasteiger partial charge in [-0.3, -0.25) is 0 Å². The van der Waals surface area contributed by atoms with Gasteiger partial charge < -0.3 is 9.64 Å². The first-order valence-corrected chi connectivity index (χ1v) is 12.3. The zero-order chi connectivity index (χ0) is 21.0. The molecule has 0 amide bonds. The lowest BCUT2D eigenvalue weighted by Crippen LogP contribution is -2.62. The quantitative estimate of drug-likeness (QED) is 0.692. The van der Waals surface area contributed by atoms with E-state index in [0.29, 0.717) is 16.9 Å². The third-order valence-electron chi connectivity index (χ3n) is 10.1. The molecule has 4 bridgehead atoms. The molecule has 3 saturated carbocycles. The van der Waals surface area contributed by atoms with Crippen molar-refractivity contribution in [3.63, 3.8) is 0 Å². The second-order valence-electron chi connectivity index (χ2n) is 11.1. The van der Waals surface area contributed by atoms with Crippen LogP contribution in [0, 0.1) is 37.0 Å². The zero-order valence-electron chi connectivity index (χ0n) is 19.0.